The van der Waals surface area contributed by atoms with Crippen molar-refractivity contribution < 1.29 is 31.5 Å². The predicted molar refractivity (Wildman–Crippen MR) is 121 cm³/mol. The van der Waals surface area contributed by atoms with Gasteiger partial charge in [0.15, 0.2) is 0 Å². The van der Waals surface area contributed by atoms with Crippen LogP contribution in [-0.4, -0.2) is 57.4 Å². The standard InChI is InChI=1S/C24H28F2N2O5S/c1-32-18-6-8-22(33-2)19(15-18)21-4-3-11-28(21)24(29)16-9-12-27(13-10-16)34(30,31)23-14-17(25)5-7-20(23)26/h5-8,14-16,21H,3-4,9-13H2,1-2H3/t21-/m1/s1. The molecule has 0 aliphatic carbocycles. The van der Waals surface area contributed by atoms with Crippen molar-refractivity contribution in [2.75, 3.05) is 33.9 Å². The molecule has 184 valence electrons. The molecule has 1 amide bonds. The molecule has 0 unspecified atom stereocenters. The van der Waals surface area contributed by atoms with Crippen LogP contribution in [0, 0.1) is 17.6 Å². The van der Waals surface area contributed by atoms with Crippen LogP contribution in [0.1, 0.15) is 37.3 Å². The second-order valence-electron chi connectivity index (χ2n) is 8.55. The van der Waals surface area contributed by atoms with E-state index in [9.17, 15) is 22.0 Å². The lowest BCUT2D eigenvalue weighted by atomic mass is 9.95. The Morgan fingerprint density at radius 2 is 1.71 bits per heavy atom. The molecule has 4 rings (SSSR count). The summed E-state index contributed by atoms with van der Waals surface area (Å²) in [6.45, 7) is 0.738. The summed E-state index contributed by atoms with van der Waals surface area (Å²) in [4.78, 5) is 14.6. The molecule has 0 N–H and O–H groups in total. The summed E-state index contributed by atoms with van der Waals surface area (Å²) in [7, 11) is -1.02. The molecule has 0 bridgehead atoms. The lowest BCUT2D eigenvalue weighted by molar-refractivity contribution is -0.137. The van der Waals surface area contributed by atoms with Crippen LogP contribution in [-0.2, 0) is 14.8 Å². The van der Waals surface area contributed by atoms with Crippen molar-refractivity contribution in [3.8, 4) is 11.5 Å². The number of methoxy groups -OCH3 is 2. The number of nitrogens with zero attached hydrogens (tertiary/aromatic N) is 2. The molecule has 34 heavy (non-hydrogen) atoms. The van der Waals surface area contributed by atoms with E-state index in [1.165, 1.54) is 0 Å². The average molecular weight is 495 g/mol. The topological polar surface area (TPSA) is 76.2 Å². The molecule has 2 heterocycles. The summed E-state index contributed by atoms with van der Waals surface area (Å²) in [5, 5.41) is 0. The Hall–Kier alpha value is -2.72. The number of amides is 1. The summed E-state index contributed by atoms with van der Waals surface area (Å²) in [5.41, 5.74) is 0.884. The molecule has 1 atom stereocenters. The lowest BCUT2D eigenvalue weighted by Crippen LogP contribution is -2.44. The van der Waals surface area contributed by atoms with E-state index in [-0.39, 0.29) is 31.0 Å². The van der Waals surface area contributed by atoms with Gasteiger partial charge in [0, 0.05) is 31.1 Å². The van der Waals surface area contributed by atoms with Gasteiger partial charge in [-0.05, 0) is 62.1 Å². The number of carbonyl (C=O) groups excluding carboxylic acids is 1. The lowest BCUT2D eigenvalue weighted by Gasteiger charge is -2.34. The molecule has 0 aromatic heterocycles. The van der Waals surface area contributed by atoms with Gasteiger partial charge in [0.25, 0.3) is 0 Å². The maximum absolute atomic E-state index is 14.1. The Morgan fingerprint density at radius 3 is 2.38 bits per heavy atom. The fraction of sp³-hybridized carbons (Fsp3) is 0.458. The van der Waals surface area contributed by atoms with Crippen molar-refractivity contribution in [2.45, 2.75) is 36.6 Å². The molecule has 2 aromatic rings. The van der Waals surface area contributed by atoms with Gasteiger partial charge in [-0.3, -0.25) is 4.79 Å². The molecular formula is C24H28F2N2O5S. The first-order valence-electron chi connectivity index (χ1n) is 11.2. The number of benzene rings is 2. The zero-order valence-corrected chi connectivity index (χ0v) is 20.0. The van der Waals surface area contributed by atoms with Gasteiger partial charge >= 0.3 is 0 Å². The fourth-order valence-corrected chi connectivity index (χ4v) is 6.39. The molecular weight excluding hydrogens is 466 g/mol. The van der Waals surface area contributed by atoms with E-state index in [4.69, 9.17) is 9.47 Å². The Morgan fingerprint density at radius 1 is 0.971 bits per heavy atom. The van der Waals surface area contributed by atoms with Gasteiger partial charge in [-0.1, -0.05) is 0 Å². The maximum atomic E-state index is 14.1. The third-order valence-electron chi connectivity index (χ3n) is 6.65. The molecule has 0 spiro atoms. The first-order valence-corrected chi connectivity index (χ1v) is 12.7. The molecule has 2 fully saturated rings. The minimum atomic E-state index is -4.19. The summed E-state index contributed by atoms with van der Waals surface area (Å²) >= 11 is 0. The van der Waals surface area contributed by atoms with Gasteiger partial charge in [-0.2, -0.15) is 4.31 Å². The number of ether oxygens (including phenoxy) is 2. The number of carbonyl (C=O) groups is 1. The van der Waals surface area contributed by atoms with Gasteiger partial charge in [0.1, 0.15) is 28.0 Å². The minimum Gasteiger partial charge on any atom is -0.497 e. The van der Waals surface area contributed by atoms with Crippen LogP contribution < -0.4 is 9.47 Å². The van der Waals surface area contributed by atoms with E-state index in [2.05, 4.69) is 0 Å². The quantitative estimate of drug-likeness (QED) is 0.612. The maximum Gasteiger partial charge on any atom is 0.246 e. The Kier molecular flexibility index (Phi) is 7.09. The fourth-order valence-electron chi connectivity index (χ4n) is 4.85. The van der Waals surface area contributed by atoms with Crippen LogP contribution in [0.25, 0.3) is 0 Å². The third-order valence-corrected chi connectivity index (χ3v) is 8.56. The molecule has 2 aromatic carbocycles. The highest BCUT2D eigenvalue weighted by molar-refractivity contribution is 7.89. The third kappa shape index (κ3) is 4.61. The largest absolute Gasteiger partial charge is 0.497 e. The van der Waals surface area contributed by atoms with Gasteiger partial charge in [-0.25, -0.2) is 17.2 Å². The van der Waals surface area contributed by atoms with Crippen molar-refractivity contribution in [3.63, 3.8) is 0 Å². The highest BCUT2D eigenvalue weighted by Crippen LogP contribution is 2.40. The number of rotatable bonds is 6. The van der Waals surface area contributed by atoms with E-state index in [0.717, 1.165) is 34.8 Å². The molecule has 2 aliphatic heterocycles. The normalized spacial score (nSPS) is 19.9. The van der Waals surface area contributed by atoms with E-state index in [1.54, 1.807) is 20.3 Å². The minimum absolute atomic E-state index is 0.0265. The monoisotopic (exact) mass is 494 g/mol. The first kappa shape index (κ1) is 24.4. The number of hydrogen-bond acceptors (Lipinski definition) is 5. The zero-order valence-electron chi connectivity index (χ0n) is 19.2. The van der Waals surface area contributed by atoms with Crippen molar-refractivity contribution in [1.29, 1.82) is 0 Å². The second kappa shape index (κ2) is 9.87. The van der Waals surface area contributed by atoms with Gasteiger partial charge in [-0.15, -0.1) is 0 Å². The highest BCUT2D eigenvalue weighted by atomic mass is 32.2. The average Bonchev–Trinajstić information content (AvgIpc) is 3.34. The Labute approximate surface area is 198 Å². The van der Waals surface area contributed by atoms with Gasteiger partial charge in [0.05, 0.1) is 20.3 Å². The van der Waals surface area contributed by atoms with Crippen LogP contribution in [0.15, 0.2) is 41.3 Å². The van der Waals surface area contributed by atoms with Gasteiger partial charge < -0.3 is 14.4 Å². The summed E-state index contributed by atoms with van der Waals surface area (Å²) in [5.74, 6) is -0.825. The molecule has 7 nitrogen and oxygen atoms in total. The number of hydrogen-bond donors (Lipinski definition) is 0. The number of halogens is 2. The van der Waals surface area contributed by atoms with Crippen molar-refractivity contribution >= 4 is 15.9 Å². The first-order chi connectivity index (χ1) is 16.3. The second-order valence-corrected chi connectivity index (χ2v) is 10.5. The summed E-state index contributed by atoms with van der Waals surface area (Å²) < 4.78 is 65.4. The van der Waals surface area contributed by atoms with Crippen molar-refractivity contribution in [2.24, 2.45) is 5.92 Å². The SMILES string of the molecule is COc1ccc(OC)c([C@H]2CCCN2C(=O)C2CCN(S(=O)(=O)c3cc(F)ccc3F)CC2)c1. The smallest absolute Gasteiger partial charge is 0.246 e. The van der Waals surface area contributed by atoms with Crippen LogP contribution in [0.5, 0.6) is 11.5 Å². The van der Waals surface area contributed by atoms with Crippen LogP contribution >= 0.6 is 0 Å². The van der Waals surface area contributed by atoms with Crippen molar-refractivity contribution in [3.05, 3.63) is 53.6 Å². The predicted octanol–water partition coefficient (Wildman–Crippen LogP) is 3.75. The number of sulfonamides is 1. The Bertz CT molecular complexity index is 1170. The van der Waals surface area contributed by atoms with E-state index < -0.39 is 26.6 Å². The van der Waals surface area contributed by atoms with E-state index in [0.29, 0.717) is 37.0 Å². The summed E-state index contributed by atoms with van der Waals surface area (Å²) in [6.07, 6.45) is 2.27. The Balaban J connectivity index is 1.48. The zero-order chi connectivity index (χ0) is 24.5. The number of likely N-dealkylation sites (tertiary alicyclic amines) is 1. The molecule has 2 saturated heterocycles. The van der Waals surface area contributed by atoms with E-state index in [1.807, 2.05) is 17.0 Å². The van der Waals surface area contributed by atoms with Crippen molar-refractivity contribution in [1.82, 2.24) is 9.21 Å². The number of piperidine rings is 1. The highest BCUT2D eigenvalue weighted by Gasteiger charge is 2.39. The molecule has 0 radical (unpaired) electrons. The molecule has 2 aliphatic rings. The van der Waals surface area contributed by atoms with E-state index >= 15 is 0 Å². The van der Waals surface area contributed by atoms with Crippen LogP contribution in [0.2, 0.25) is 0 Å². The summed E-state index contributed by atoms with van der Waals surface area (Å²) in [6, 6.07) is 7.74. The van der Waals surface area contributed by atoms with Crippen LogP contribution in [0.3, 0.4) is 0 Å². The molecule has 0 saturated carbocycles. The van der Waals surface area contributed by atoms with Gasteiger partial charge in [0.2, 0.25) is 15.9 Å². The molecule has 10 heteroatoms. The van der Waals surface area contributed by atoms with Crippen LogP contribution in [0.4, 0.5) is 8.78 Å².